The summed E-state index contributed by atoms with van der Waals surface area (Å²) in [7, 11) is 0. The van der Waals surface area contributed by atoms with Crippen LogP contribution in [0.15, 0.2) is 17.6 Å². The van der Waals surface area contributed by atoms with E-state index in [-0.39, 0.29) is 5.91 Å². The lowest BCUT2D eigenvalue weighted by Crippen LogP contribution is -2.25. The van der Waals surface area contributed by atoms with Crippen molar-refractivity contribution in [2.24, 2.45) is 5.92 Å². The highest BCUT2D eigenvalue weighted by Gasteiger charge is 2.23. The van der Waals surface area contributed by atoms with Crippen LogP contribution in [0.3, 0.4) is 0 Å². The Labute approximate surface area is 127 Å². The maximum absolute atomic E-state index is 12.3. The Morgan fingerprint density at radius 3 is 3.24 bits per heavy atom. The first kappa shape index (κ1) is 14.0. The van der Waals surface area contributed by atoms with Crippen molar-refractivity contribution in [2.75, 3.05) is 5.73 Å². The third kappa shape index (κ3) is 3.05. The van der Waals surface area contributed by atoms with Gasteiger partial charge in [0.1, 0.15) is 11.6 Å². The van der Waals surface area contributed by atoms with Gasteiger partial charge in [-0.1, -0.05) is 6.92 Å². The number of aromatic nitrogens is 2. The number of hydrogen-bond donors (Lipinski definition) is 2. The number of rotatable bonds is 3. The fraction of sp³-hybridized carbons (Fsp3) is 0.400. The first-order valence-corrected chi connectivity index (χ1v) is 7.96. The average molecular weight is 302 g/mol. The van der Waals surface area contributed by atoms with Gasteiger partial charge in [0, 0.05) is 16.5 Å². The van der Waals surface area contributed by atoms with Crippen molar-refractivity contribution in [1.29, 1.82) is 0 Å². The number of anilines is 1. The van der Waals surface area contributed by atoms with Gasteiger partial charge in [0.25, 0.3) is 5.91 Å². The van der Waals surface area contributed by atoms with Crippen molar-refractivity contribution in [3.63, 3.8) is 0 Å². The lowest BCUT2D eigenvalue weighted by Gasteiger charge is -2.18. The fourth-order valence-electron chi connectivity index (χ4n) is 2.62. The zero-order valence-corrected chi connectivity index (χ0v) is 12.7. The van der Waals surface area contributed by atoms with E-state index in [0.29, 0.717) is 24.1 Å². The van der Waals surface area contributed by atoms with Crippen molar-refractivity contribution in [1.82, 2.24) is 15.3 Å². The molecule has 2 heterocycles. The second kappa shape index (κ2) is 5.81. The molecule has 0 bridgehead atoms. The third-order valence-electron chi connectivity index (χ3n) is 3.78. The Hall–Kier alpha value is -1.95. The molecule has 3 rings (SSSR count). The number of thiophene rings is 1. The summed E-state index contributed by atoms with van der Waals surface area (Å²) < 4.78 is 0. The highest BCUT2D eigenvalue weighted by molar-refractivity contribution is 7.10. The summed E-state index contributed by atoms with van der Waals surface area (Å²) in [6, 6.07) is 1.63. The first-order chi connectivity index (χ1) is 10.1. The smallest absolute Gasteiger partial charge is 0.252 e. The molecule has 1 atom stereocenters. The summed E-state index contributed by atoms with van der Waals surface area (Å²) in [6.07, 6.45) is 4.84. The van der Waals surface area contributed by atoms with E-state index in [2.05, 4.69) is 22.2 Å². The number of hydrogen-bond acceptors (Lipinski definition) is 5. The Morgan fingerprint density at radius 2 is 2.43 bits per heavy atom. The Balaban J connectivity index is 1.69. The minimum Gasteiger partial charge on any atom is -0.384 e. The van der Waals surface area contributed by atoms with Gasteiger partial charge in [-0.25, -0.2) is 9.97 Å². The number of nitrogens with two attached hydrogens (primary N) is 1. The molecule has 0 spiro atoms. The van der Waals surface area contributed by atoms with Crippen molar-refractivity contribution in [3.8, 4) is 0 Å². The minimum atomic E-state index is -0.0481. The second-order valence-electron chi connectivity index (χ2n) is 5.48. The molecule has 3 N–H and O–H groups in total. The lowest BCUT2D eigenvalue weighted by atomic mass is 9.88. The molecule has 6 heteroatoms. The van der Waals surface area contributed by atoms with Crippen LogP contribution in [0.25, 0.3) is 0 Å². The van der Waals surface area contributed by atoms with Crippen molar-refractivity contribution in [3.05, 3.63) is 39.5 Å². The number of fused-ring (bicyclic) bond motifs is 1. The summed E-state index contributed by atoms with van der Waals surface area (Å²) in [5.41, 5.74) is 7.64. The topological polar surface area (TPSA) is 80.9 Å². The molecule has 0 saturated carbocycles. The molecule has 1 aliphatic carbocycles. The largest absolute Gasteiger partial charge is 0.384 e. The second-order valence-corrected chi connectivity index (χ2v) is 6.44. The van der Waals surface area contributed by atoms with Crippen molar-refractivity contribution < 1.29 is 4.79 Å². The Morgan fingerprint density at radius 1 is 1.57 bits per heavy atom. The zero-order chi connectivity index (χ0) is 14.8. The average Bonchev–Trinajstić information content (AvgIpc) is 2.88. The molecule has 110 valence electrons. The van der Waals surface area contributed by atoms with Crippen LogP contribution < -0.4 is 11.1 Å². The molecule has 1 amide bonds. The van der Waals surface area contributed by atoms with Crippen LogP contribution in [0.4, 0.5) is 5.82 Å². The fourth-order valence-corrected chi connectivity index (χ4v) is 3.87. The van der Waals surface area contributed by atoms with E-state index in [9.17, 15) is 4.79 Å². The van der Waals surface area contributed by atoms with E-state index in [1.165, 1.54) is 10.4 Å². The highest BCUT2D eigenvalue weighted by Crippen LogP contribution is 2.32. The molecule has 2 aromatic heterocycles. The van der Waals surface area contributed by atoms with Crippen LogP contribution >= 0.6 is 11.3 Å². The normalized spacial score (nSPS) is 17.3. The van der Waals surface area contributed by atoms with Gasteiger partial charge in [0.2, 0.25) is 0 Å². The van der Waals surface area contributed by atoms with Gasteiger partial charge in [-0.05, 0) is 36.8 Å². The molecular formula is C15H18N4OS. The van der Waals surface area contributed by atoms with E-state index in [1.54, 1.807) is 23.6 Å². The van der Waals surface area contributed by atoms with Gasteiger partial charge in [-0.2, -0.15) is 0 Å². The molecule has 5 nitrogen and oxygen atoms in total. The quantitative estimate of drug-likeness (QED) is 0.910. The van der Waals surface area contributed by atoms with Crippen LogP contribution in [0.2, 0.25) is 0 Å². The molecule has 0 saturated heterocycles. The highest BCUT2D eigenvalue weighted by atomic mass is 32.1. The number of carbonyl (C=O) groups excluding carboxylic acids is 1. The van der Waals surface area contributed by atoms with E-state index in [4.69, 9.17) is 5.73 Å². The molecule has 0 aliphatic heterocycles. The Bertz CT molecular complexity index is 667. The summed E-state index contributed by atoms with van der Waals surface area (Å²) in [4.78, 5) is 21.9. The maximum atomic E-state index is 12.3. The number of carbonyl (C=O) groups is 1. The van der Waals surface area contributed by atoms with Crippen LogP contribution in [0.5, 0.6) is 0 Å². The molecule has 0 fully saturated rings. The number of nitrogens with one attached hydrogen (secondary N) is 1. The van der Waals surface area contributed by atoms with Gasteiger partial charge in [0.15, 0.2) is 0 Å². The van der Waals surface area contributed by atoms with E-state index >= 15 is 0 Å². The number of nitrogen functional groups attached to an aromatic ring is 1. The molecule has 1 aliphatic rings. The number of nitrogens with zero attached hydrogens (tertiary/aromatic N) is 2. The monoisotopic (exact) mass is 302 g/mol. The van der Waals surface area contributed by atoms with Gasteiger partial charge in [0.05, 0.1) is 12.1 Å². The summed E-state index contributed by atoms with van der Waals surface area (Å²) in [5, 5.41) is 4.85. The van der Waals surface area contributed by atoms with Crippen LogP contribution in [0, 0.1) is 5.92 Å². The summed E-state index contributed by atoms with van der Waals surface area (Å²) in [6.45, 7) is 2.56. The SMILES string of the molecule is CC1CCc2c(C(=O)NCc3nccc(N)n3)csc2C1. The predicted molar refractivity (Wildman–Crippen MR) is 83.1 cm³/mol. The summed E-state index contributed by atoms with van der Waals surface area (Å²) in [5.74, 6) is 1.61. The lowest BCUT2D eigenvalue weighted by molar-refractivity contribution is 0.0949. The first-order valence-electron chi connectivity index (χ1n) is 7.08. The molecule has 0 radical (unpaired) electrons. The van der Waals surface area contributed by atoms with E-state index < -0.39 is 0 Å². The van der Waals surface area contributed by atoms with Gasteiger partial charge >= 0.3 is 0 Å². The molecule has 21 heavy (non-hydrogen) atoms. The predicted octanol–water partition coefficient (Wildman–Crippen LogP) is 2.18. The zero-order valence-electron chi connectivity index (χ0n) is 11.9. The third-order valence-corrected chi connectivity index (χ3v) is 4.83. The van der Waals surface area contributed by atoms with Gasteiger partial charge < -0.3 is 11.1 Å². The molecular weight excluding hydrogens is 284 g/mol. The van der Waals surface area contributed by atoms with Crippen LogP contribution in [-0.2, 0) is 19.4 Å². The molecule has 1 unspecified atom stereocenters. The molecule has 0 aromatic carbocycles. The summed E-state index contributed by atoms with van der Waals surface area (Å²) >= 11 is 1.70. The number of amides is 1. The minimum absolute atomic E-state index is 0.0481. The van der Waals surface area contributed by atoms with Gasteiger partial charge in [-0.15, -0.1) is 11.3 Å². The Kier molecular flexibility index (Phi) is 3.88. The van der Waals surface area contributed by atoms with E-state index in [1.807, 2.05) is 5.38 Å². The van der Waals surface area contributed by atoms with Gasteiger partial charge in [-0.3, -0.25) is 4.79 Å². The maximum Gasteiger partial charge on any atom is 0.252 e. The molecule has 2 aromatic rings. The van der Waals surface area contributed by atoms with Crippen molar-refractivity contribution >= 4 is 23.1 Å². The van der Waals surface area contributed by atoms with Crippen LogP contribution in [-0.4, -0.2) is 15.9 Å². The van der Waals surface area contributed by atoms with E-state index in [0.717, 1.165) is 24.8 Å². The van der Waals surface area contributed by atoms with Crippen molar-refractivity contribution in [2.45, 2.75) is 32.7 Å². The van der Waals surface area contributed by atoms with Crippen LogP contribution in [0.1, 0.15) is 40.0 Å². The standard InChI is InChI=1S/C15H18N4OS/c1-9-2-3-10-11(8-21-12(10)6-9)15(20)18-7-14-17-5-4-13(16)19-14/h4-5,8-9H,2-3,6-7H2,1H3,(H,18,20)(H2,16,17,19).